The molecular formula is C21H17N3O2S2. The largest absolute Gasteiger partial charge is 0.276 e. The summed E-state index contributed by atoms with van der Waals surface area (Å²) in [6.45, 7) is 2.18. The summed E-state index contributed by atoms with van der Waals surface area (Å²) in [7, 11) is -3.70. The number of hydrogen-bond acceptors (Lipinski definition) is 4. The van der Waals surface area contributed by atoms with Crippen molar-refractivity contribution in [1.82, 2.24) is 10.2 Å². The summed E-state index contributed by atoms with van der Waals surface area (Å²) >= 11 is 1.60. The highest BCUT2D eigenvalue weighted by Crippen LogP contribution is 2.44. The number of rotatable bonds is 3. The first-order valence-corrected chi connectivity index (χ1v) is 11.2. The van der Waals surface area contributed by atoms with Crippen molar-refractivity contribution in [3.05, 3.63) is 77.2 Å². The van der Waals surface area contributed by atoms with Gasteiger partial charge in [-0.05, 0) is 36.6 Å². The average Bonchev–Trinajstić information content (AvgIpc) is 3.37. The van der Waals surface area contributed by atoms with E-state index in [1.807, 2.05) is 60.8 Å². The lowest BCUT2D eigenvalue weighted by atomic mass is 9.99. The number of aryl methyl sites for hydroxylation is 1. The molecule has 28 heavy (non-hydrogen) atoms. The minimum atomic E-state index is -3.70. The molecule has 0 fully saturated rings. The van der Waals surface area contributed by atoms with Crippen LogP contribution in [0.25, 0.3) is 21.8 Å². The number of aromatic amines is 1. The van der Waals surface area contributed by atoms with Crippen LogP contribution >= 0.6 is 11.3 Å². The van der Waals surface area contributed by atoms with E-state index in [4.69, 9.17) is 0 Å². The molecule has 0 bridgehead atoms. The number of nitrogens with zero attached hydrogens (tertiary/aromatic N) is 2. The lowest BCUT2D eigenvalue weighted by Gasteiger charge is -2.30. The molecule has 5 rings (SSSR count). The fourth-order valence-electron chi connectivity index (χ4n) is 3.54. The molecule has 3 heterocycles. The molecule has 140 valence electrons. The van der Waals surface area contributed by atoms with Gasteiger partial charge in [0.25, 0.3) is 10.0 Å². The van der Waals surface area contributed by atoms with Crippen molar-refractivity contribution in [2.75, 3.05) is 4.31 Å². The van der Waals surface area contributed by atoms with Crippen molar-refractivity contribution in [2.45, 2.75) is 18.4 Å². The maximum Gasteiger partial charge on any atom is 0.264 e. The quantitative estimate of drug-likeness (QED) is 0.529. The number of aromatic nitrogens is 2. The molecule has 0 atom stereocenters. The van der Waals surface area contributed by atoms with E-state index < -0.39 is 10.0 Å². The van der Waals surface area contributed by atoms with Gasteiger partial charge in [0.1, 0.15) is 0 Å². The molecule has 0 radical (unpaired) electrons. The molecule has 0 saturated heterocycles. The lowest BCUT2D eigenvalue weighted by Crippen LogP contribution is -2.33. The normalized spacial score (nSPS) is 13.2. The van der Waals surface area contributed by atoms with Crippen molar-refractivity contribution >= 4 is 27.0 Å². The van der Waals surface area contributed by atoms with Crippen LogP contribution in [0.2, 0.25) is 0 Å². The van der Waals surface area contributed by atoms with E-state index in [9.17, 15) is 8.42 Å². The number of para-hydroxylation sites is 1. The van der Waals surface area contributed by atoms with Crippen molar-refractivity contribution in [3.63, 3.8) is 0 Å². The third-order valence-corrected chi connectivity index (χ3v) is 7.63. The van der Waals surface area contributed by atoms with Crippen molar-refractivity contribution < 1.29 is 8.42 Å². The van der Waals surface area contributed by atoms with Crippen LogP contribution in [0, 0.1) is 6.92 Å². The summed E-state index contributed by atoms with van der Waals surface area (Å²) < 4.78 is 28.5. The van der Waals surface area contributed by atoms with Crippen LogP contribution in [-0.2, 0) is 16.6 Å². The maximum absolute atomic E-state index is 13.5. The van der Waals surface area contributed by atoms with Gasteiger partial charge < -0.3 is 0 Å². The van der Waals surface area contributed by atoms with Crippen LogP contribution in [-0.4, -0.2) is 18.6 Å². The van der Waals surface area contributed by atoms with Gasteiger partial charge in [0.05, 0.1) is 33.4 Å². The first-order chi connectivity index (χ1) is 13.6. The minimum absolute atomic E-state index is 0.242. The maximum atomic E-state index is 13.5. The van der Waals surface area contributed by atoms with E-state index in [1.54, 1.807) is 23.5 Å². The second-order valence-electron chi connectivity index (χ2n) is 6.74. The molecule has 0 saturated carbocycles. The molecule has 2 aromatic heterocycles. The number of hydrogen-bond donors (Lipinski definition) is 1. The number of sulfonamides is 1. The van der Waals surface area contributed by atoms with Crippen molar-refractivity contribution in [3.8, 4) is 21.8 Å². The minimum Gasteiger partial charge on any atom is -0.276 e. The Labute approximate surface area is 167 Å². The zero-order valence-corrected chi connectivity index (χ0v) is 16.7. The van der Waals surface area contributed by atoms with Crippen LogP contribution in [0.3, 0.4) is 0 Å². The molecule has 7 heteroatoms. The molecule has 0 spiro atoms. The van der Waals surface area contributed by atoms with Crippen molar-refractivity contribution in [2.24, 2.45) is 0 Å². The summed E-state index contributed by atoms with van der Waals surface area (Å²) in [5.41, 5.74) is 5.09. The van der Waals surface area contributed by atoms with Gasteiger partial charge in [-0.2, -0.15) is 5.10 Å². The second kappa shape index (κ2) is 6.32. The van der Waals surface area contributed by atoms with E-state index in [-0.39, 0.29) is 11.4 Å². The zero-order chi connectivity index (χ0) is 19.3. The van der Waals surface area contributed by atoms with E-state index in [1.165, 1.54) is 4.31 Å². The number of thiophene rings is 1. The monoisotopic (exact) mass is 407 g/mol. The smallest absolute Gasteiger partial charge is 0.264 e. The zero-order valence-electron chi connectivity index (χ0n) is 15.1. The van der Waals surface area contributed by atoms with Crippen LogP contribution in [0.1, 0.15) is 11.1 Å². The van der Waals surface area contributed by atoms with Gasteiger partial charge in [0.2, 0.25) is 0 Å². The summed E-state index contributed by atoms with van der Waals surface area (Å²) in [5.74, 6) is 0. The Morgan fingerprint density at radius 1 is 1.04 bits per heavy atom. The molecule has 0 unspecified atom stereocenters. The summed E-state index contributed by atoms with van der Waals surface area (Å²) in [6, 6.07) is 18.5. The molecule has 0 amide bonds. The Hall–Kier alpha value is -2.90. The third-order valence-electron chi connectivity index (χ3n) is 4.97. The number of anilines is 1. The number of nitrogens with one attached hydrogen (secondary N) is 1. The first kappa shape index (κ1) is 17.2. The molecule has 5 nitrogen and oxygen atoms in total. The van der Waals surface area contributed by atoms with Crippen LogP contribution in [0.15, 0.2) is 70.9 Å². The first-order valence-electron chi connectivity index (χ1n) is 8.85. The van der Waals surface area contributed by atoms with Gasteiger partial charge in [-0.15, -0.1) is 11.3 Å². The van der Waals surface area contributed by atoms with E-state index in [0.29, 0.717) is 5.69 Å². The molecular weight excluding hydrogens is 390 g/mol. The van der Waals surface area contributed by atoms with Gasteiger partial charge in [-0.1, -0.05) is 42.0 Å². The highest BCUT2D eigenvalue weighted by molar-refractivity contribution is 7.92. The number of fused-ring (bicyclic) bond motifs is 3. The van der Waals surface area contributed by atoms with E-state index in [0.717, 1.165) is 33.0 Å². The Balaban J connectivity index is 1.70. The van der Waals surface area contributed by atoms with Gasteiger partial charge in [-0.25, -0.2) is 8.42 Å². The summed E-state index contributed by atoms with van der Waals surface area (Å²) in [5, 5.41) is 9.63. The lowest BCUT2D eigenvalue weighted by molar-refractivity contribution is 0.590. The summed E-state index contributed by atoms with van der Waals surface area (Å²) in [4.78, 5) is 1.33. The topological polar surface area (TPSA) is 66.1 Å². The summed E-state index contributed by atoms with van der Waals surface area (Å²) in [6.07, 6.45) is 0. The Morgan fingerprint density at radius 2 is 1.82 bits per heavy atom. The van der Waals surface area contributed by atoms with Gasteiger partial charge >= 0.3 is 0 Å². The van der Waals surface area contributed by atoms with Gasteiger partial charge in [0, 0.05) is 11.1 Å². The second-order valence-corrected chi connectivity index (χ2v) is 9.55. The van der Waals surface area contributed by atoms with Crippen LogP contribution in [0.5, 0.6) is 0 Å². The Morgan fingerprint density at radius 3 is 2.57 bits per heavy atom. The fourth-order valence-corrected chi connectivity index (χ4v) is 5.74. The average molecular weight is 408 g/mol. The van der Waals surface area contributed by atoms with Gasteiger partial charge in [-0.3, -0.25) is 9.40 Å². The highest BCUT2D eigenvalue weighted by atomic mass is 32.2. The van der Waals surface area contributed by atoms with Gasteiger partial charge in [0.15, 0.2) is 0 Å². The molecule has 0 aliphatic carbocycles. The fraction of sp³-hybridized carbons (Fsp3) is 0.0952. The van der Waals surface area contributed by atoms with Crippen molar-refractivity contribution in [1.29, 1.82) is 0 Å². The Bertz CT molecular complexity index is 1260. The predicted molar refractivity (Wildman–Crippen MR) is 112 cm³/mol. The van der Waals surface area contributed by atoms with E-state index >= 15 is 0 Å². The molecule has 2 aromatic carbocycles. The van der Waals surface area contributed by atoms with Crippen LogP contribution < -0.4 is 4.31 Å². The van der Waals surface area contributed by atoms with E-state index in [2.05, 4.69) is 10.2 Å². The SMILES string of the molecule is Cc1ccc(S(=O)(=O)N2Cc3c(n[nH]c3-c3cccs3)-c3ccccc32)cc1. The van der Waals surface area contributed by atoms with Crippen LogP contribution in [0.4, 0.5) is 5.69 Å². The highest BCUT2D eigenvalue weighted by Gasteiger charge is 2.34. The molecule has 1 aliphatic rings. The Kier molecular flexibility index (Phi) is 3.89. The molecule has 1 N–H and O–H groups in total. The molecule has 1 aliphatic heterocycles. The number of benzene rings is 2. The standard InChI is InChI=1S/C21H17N3O2S2/c1-14-8-10-15(11-9-14)28(25,26)24-13-17-20(16-5-2-3-6-18(16)24)22-23-21(17)19-7-4-12-27-19/h2-12H,13H2,1H3,(H,22,23). The molecule has 4 aromatic rings. The predicted octanol–water partition coefficient (Wildman–Crippen LogP) is 4.82. The third kappa shape index (κ3) is 2.58. The number of H-pyrrole nitrogens is 1.